The lowest BCUT2D eigenvalue weighted by Gasteiger charge is -2.15. The Morgan fingerprint density at radius 3 is 2.50 bits per heavy atom. The number of carbonyl (C=O) groups is 3. The summed E-state index contributed by atoms with van der Waals surface area (Å²) in [6, 6.07) is 23.4. The average molecular weight is 484 g/mol. The van der Waals surface area contributed by atoms with E-state index in [0.717, 1.165) is 16.9 Å². The molecule has 1 saturated heterocycles. The van der Waals surface area contributed by atoms with Crippen LogP contribution in [0.15, 0.2) is 90.0 Å². The van der Waals surface area contributed by atoms with E-state index in [0.29, 0.717) is 17.9 Å². The Hall–Kier alpha value is -4.72. The topological polar surface area (TPSA) is 106 Å². The van der Waals surface area contributed by atoms with Crippen molar-refractivity contribution in [3.05, 3.63) is 102 Å². The number of carbonyl (C=O) groups excluding carboxylic acids is 3. The zero-order valence-corrected chi connectivity index (χ0v) is 19.6. The molecule has 1 aliphatic heterocycles. The highest BCUT2D eigenvalue weighted by molar-refractivity contribution is 6.03. The lowest BCUT2D eigenvalue weighted by Crippen LogP contribution is -2.34. The first kappa shape index (κ1) is 24.4. The maximum Gasteiger partial charge on any atom is 0.336 e. The number of nitrogens with one attached hydrogen (secondary N) is 2. The van der Waals surface area contributed by atoms with Gasteiger partial charge in [0.2, 0.25) is 5.91 Å². The Balaban J connectivity index is 1.34. The van der Waals surface area contributed by atoms with Crippen molar-refractivity contribution < 1.29 is 23.9 Å². The fourth-order valence-electron chi connectivity index (χ4n) is 3.86. The highest BCUT2D eigenvalue weighted by atomic mass is 16.5. The summed E-state index contributed by atoms with van der Waals surface area (Å²) in [7, 11) is 1.59. The molecular formula is C28H25N3O5. The second-order valence-corrected chi connectivity index (χ2v) is 8.07. The van der Waals surface area contributed by atoms with Gasteiger partial charge in [0.15, 0.2) is 0 Å². The summed E-state index contributed by atoms with van der Waals surface area (Å²) in [5, 5.41) is 6.74. The van der Waals surface area contributed by atoms with Crippen LogP contribution >= 0.6 is 0 Å². The standard InChI is InChI=1S/C28H25N3O5/c1-35-22-13-10-19(11-14-22)12-15-25(32)36-23-9-5-6-20(16-23)17-30-31-28(34)26-24(18-29-27(26)33)21-7-3-2-4-8-21/h2-17,24,26H,18H2,1H3,(H,29,33)(H,31,34)/b15-12+,30-17+/t24-,26-/m0/s1. The third kappa shape index (κ3) is 6.24. The minimum Gasteiger partial charge on any atom is -0.497 e. The van der Waals surface area contributed by atoms with E-state index in [1.165, 1.54) is 12.3 Å². The highest BCUT2D eigenvalue weighted by Gasteiger charge is 2.40. The Bertz CT molecular complexity index is 1290. The molecule has 8 heteroatoms. The van der Waals surface area contributed by atoms with Crippen LogP contribution in [0.2, 0.25) is 0 Å². The van der Waals surface area contributed by atoms with Gasteiger partial charge in [-0.15, -0.1) is 0 Å². The van der Waals surface area contributed by atoms with E-state index in [9.17, 15) is 14.4 Å². The number of ether oxygens (including phenoxy) is 2. The van der Waals surface area contributed by atoms with Gasteiger partial charge in [0.1, 0.15) is 17.4 Å². The molecule has 182 valence electrons. The number of hydrogen-bond donors (Lipinski definition) is 2. The maximum atomic E-state index is 12.7. The normalized spacial score (nSPS) is 17.2. The lowest BCUT2D eigenvalue weighted by molar-refractivity contribution is -0.133. The first-order valence-corrected chi connectivity index (χ1v) is 11.3. The van der Waals surface area contributed by atoms with Crippen molar-refractivity contribution in [2.24, 2.45) is 11.0 Å². The van der Waals surface area contributed by atoms with Gasteiger partial charge in [-0.05, 0) is 47.0 Å². The number of hydrogen-bond acceptors (Lipinski definition) is 6. The average Bonchev–Trinajstić information content (AvgIpc) is 3.30. The molecule has 0 spiro atoms. The summed E-state index contributed by atoms with van der Waals surface area (Å²) in [5.74, 6) is -1.42. The summed E-state index contributed by atoms with van der Waals surface area (Å²) in [5.41, 5.74) is 4.80. The Morgan fingerprint density at radius 1 is 0.972 bits per heavy atom. The second kappa shape index (κ2) is 11.6. The van der Waals surface area contributed by atoms with Crippen molar-refractivity contribution in [1.29, 1.82) is 0 Å². The molecule has 8 nitrogen and oxygen atoms in total. The molecule has 2 amide bonds. The van der Waals surface area contributed by atoms with Crippen molar-refractivity contribution in [2.75, 3.05) is 13.7 Å². The van der Waals surface area contributed by atoms with Crippen LogP contribution in [0.1, 0.15) is 22.6 Å². The van der Waals surface area contributed by atoms with Gasteiger partial charge in [-0.2, -0.15) is 5.10 Å². The monoisotopic (exact) mass is 483 g/mol. The van der Waals surface area contributed by atoms with Crippen molar-refractivity contribution in [2.45, 2.75) is 5.92 Å². The Morgan fingerprint density at radius 2 is 1.75 bits per heavy atom. The van der Waals surface area contributed by atoms with E-state index >= 15 is 0 Å². The third-order valence-electron chi connectivity index (χ3n) is 5.68. The molecule has 36 heavy (non-hydrogen) atoms. The lowest BCUT2D eigenvalue weighted by atomic mass is 9.88. The van der Waals surface area contributed by atoms with Gasteiger partial charge in [0, 0.05) is 18.5 Å². The van der Waals surface area contributed by atoms with Crippen LogP contribution in [-0.2, 0) is 14.4 Å². The van der Waals surface area contributed by atoms with E-state index < -0.39 is 17.8 Å². The fourth-order valence-corrected chi connectivity index (χ4v) is 3.86. The summed E-state index contributed by atoms with van der Waals surface area (Å²) in [6.07, 6.45) is 4.40. The zero-order valence-electron chi connectivity index (χ0n) is 19.6. The predicted molar refractivity (Wildman–Crippen MR) is 136 cm³/mol. The molecule has 3 aromatic carbocycles. The number of nitrogens with zero attached hydrogens (tertiary/aromatic N) is 1. The number of amides is 2. The van der Waals surface area contributed by atoms with Gasteiger partial charge >= 0.3 is 5.97 Å². The minimum absolute atomic E-state index is 0.261. The van der Waals surface area contributed by atoms with Crippen LogP contribution in [0.25, 0.3) is 6.08 Å². The van der Waals surface area contributed by atoms with Crippen LogP contribution in [0.4, 0.5) is 0 Å². The highest BCUT2D eigenvalue weighted by Crippen LogP contribution is 2.29. The number of hydrazone groups is 1. The molecule has 0 bridgehead atoms. The van der Waals surface area contributed by atoms with Gasteiger partial charge in [0.05, 0.1) is 13.3 Å². The largest absolute Gasteiger partial charge is 0.497 e. The first-order chi connectivity index (χ1) is 17.5. The van der Waals surface area contributed by atoms with Gasteiger partial charge in [-0.25, -0.2) is 10.2 Å². The van der Waals surface area contributed by atoms with Crippen molar-refractivity contribution in [3.63, 3.8) is 0 Å². The number of benzene rings is 3. The van der Waals surface area contributed by atoms with E-state index in [1.54, 1.807) is 49.6 Å². The van der Waals surface area contributed by atoms with E-state index in [-0.39, 0.29) is 11.8 Å². The molecule has 2 atom stereocenters. The zero-order chi connectivity index (χ0) is 25.3. The Kier molecular flexibility index (Phi) is 7.87. The van der Waals surface area contributed by atoms with Crippen LogP contribution in [0.3, 0.4) is 0 Å². The summed E-state index contributed by atoms with van der Waals surface area (Å²) < 4.78 is 10.5. The summed E-state index contributed by atoms with van der Waals surface area (Å²) in [4.78, 5) is 37.2. The molecule has 0 unspecified atom stereocenters. The Labute approximate surface area is 208 Å². The number of rotatable bonds is 8. The fraction of sp³-hybridized carbons (Fsp3) is 0.143. The van der Waals surface area contributed by atoms with Gasteiger partial charge in [-0.1, -0.05) is 54.6 Å². The third-order valence-corrected chi connectivity index (χ3v) is 5.68. The molecule has 1 aliphatic rings. The van der Waals surface area contributed by atoms with Crippen LogP contribution in [0.5, 0.6) is 11.5 Å². The van der Waals surface area contributed by atoms with Crippen molar-refractivity contribution >= 4 is 30.1 Å². The van der Waals surface area contributed by atoms with Crippen LogP contribution in [0, 0.1) is 5.92 Å². The molecular weight excluding hydrogens is 458 g/mol. The molecule has 0 radical (unpaired) electrons. The molecule has 1 fully saturated rings. The summed E-state index contributed by atoms with van der Waals surface area (Å²) >= 11 is 0. The van der Waals surface area contributed by atoms with E-state index in [4.69, 9.17) is 9.47 Å². The van der Waals surface area contributed by atoms with Gasteiger partial charge in [-0.3, -0.25) is 9.59 Å². The maximum absolute atomic E-state index is 12.7. The smallest absolute Gasteiger partial charge is 0.336 e. The molecule has 0 saturated carbocycles. The van der Waals surface area contributed by atoms with Crippen molar-refractivity contribution in [3.8, 4) is 11.5 Å². The van der Waals surface area contributed by atoms with Crippen molar-refractivity contribution in [1.82, 2.24) is 10.7 Å². The molecule has 0 aliphatic carbocycles. The molecule has 4 rings (SSSR count). The molecule has 0 aromatic heterocycles. The number of esters is 1. The number of methoxy groups -OCH3 is 1. The first-order valence-electron chi connectivity index (χ1n) is 11.3. The summed E-state index contributed by atoms with van der Waals surface area (Å²) in [6.45, 7) is 0.394. The quantitative estimate of drug-likeness (QED) is 0.128. The van der Waals surface area contributed by atoms with Crippen LogP contribution in [-0.4, -0.2) is 37.7 Å². The van der Waals surface area contributed by atoms with Gasteiger partial charge < -0.3 is 14.8 Å². The molecule has 3 aromatic rings. The van der Waals surface area contributed by atoms with E-state index in [1.807, 2.05) is 42.5 Å². The van der Waals surface area contributed by atoms with Gasteiger partial charge in [0.25, 0.3) is 5.91 Å². The minimum atomic E-state index is -0.866. The second-order valence-electron chi connectivity index (χ2n) is 8.07. The predicted octanol–water partition coefficient (Wildman–Crippen LogP) is 3.29. The van der Waals surface area contributed by atoms with E-state index in [2.05, 4.69) is 15.8 Å². The molecule has 1 heterocycles. The van der Waals surface area contributed by atoms with Crippen LogP contribution < -0.4 is 20.2 Å². The SMILES string of the molecule is COc1ccc(/C=C/C(=O)Oc2cccc(/C=N/NC(=O)[C@@H]3C(=O)NC[C@H]3c3ccccc3)c2)cc1. The molecule has 2 N–H and O–H groups in total.